The molecule has 3 rings (SSSR count). The van der Waals surface area contributed by atoms with E-state index in [4.69, 9.17) is 25.8 Å². The Morgan fingerprint density at radius 2 is 1.84 bits per heavy atom. The van der Waals surface area contributed by atoms with Crippen molar-refractivity contribution in [1.29, 1.82) is 0 Å². The maximum absolute atomic E-state index is 13.0. The number of imide groups is 1. The van der Waals surface area contributed by atoms with Crippen LogP contribution in [0.2, 0.25) is 0 Å². The molecule has 1 aliphatic heterocycles. The molecule has 0 atom stereocenters. The average Bonchev–Trinajstić information content (AvgIpc) is 3.00. The van der Waals surface area contributed by atoms with E-state index in [0.717, 1.165) is 4.90 Å². The maximum Gasteiger partial charge on any atom is 0.338 e. The van der Waals surface area contributed by atoms with Crippen LogP contribution in [0.1, 0.15) is 23.7 Å². The molecule has 0 aromatic heterocycles. The van der Waals surface area contributed by atoms with E-state index in [9.17, 15) is 14.4 Å². The molecule has 162 valence electrons. The summed E-state index contributed by atoms with van der Waals surface area (Å²) in [5.41, 5.74) is 0.832. The second-order valence-electron chi connectivity index (χ2n) is 6.51. The third kappa shape index (κ3) is 4.49. The summed E-state index contributed by atoms with van der Waals surface area (Å²) in [6.45, 7) is 2.20. The zero-order valence-electron chi connectivity index (χ0n) is 17.2. The number of esters is 1. The van der Waals surface area contributed by atoms with Gasteiger partial charge < -0.3 is 19.5 Å². The van der Waals surface area contributed by atoms with Crippen LogP contribution in [-0.2, 0) is 14.3 Å². The Morgan fingerprint density at radius 1 is 1.06 bits per heavy atom. The lowest BCUT2D eigenvalue weighted by atomic mass is 10.2. The number of rotatable bonds is 8. The van der Waals surface area contributed by atoms with Crippen LogP contribution < -0.4 is 19.7 Å². The highest BCUT2D eigenvalue weighted by molar-refractivity contribution is 6.53. The molecule has 0 radical (unpaired) electrons. The number of anilines is 2. The van der Waals surface area contributed by atoms with Gasteiger partial charge in [0.05, 0.1) is 32.1 Å². The Hall–Kier alpha value is -3.52. The minimum Gasteiger partial charge on any atom is -0.497 e. The fourth-order valence-corrected chi connectivity index (χ4v) is 3.16. The van der Waals surface area contributed by atoms with Gasteiger partial charge in [-0.2, -0.15) is 0 Å². The third-order valence-electron chi connectivity index (χ3n) is 4.46. The highest BCUT2D eigenvalue weighted by Gasteiger charge is 2.40. The third-order valence-corrected chi connectivity index (χ3v) is 4.81. The van der Waals surface area contributed by atoms with Crippen LogP contribution in [0, 0.1) is 0 Å². The van der Waals surface area contributed by atoms with Gasteiger partial charge >= 0.3 is 5.97 Å². The van der Waals surface area contributed by atoms with Crippen molar-refractivity contribution >= 4 is 40.8 Å². The number of benzene rings is 2. The van der Waals surface area contributed by atoms with Crippen molar-refractivity contribution in [3.05, 3.63) is 58.8 Å². The Bertz CT molecular complexity index is 1070. The van der Waals surface area contributed by atoms with Crippen LogP contribution >= 0.6 is 11.6 Å². The van der Waals surface area contributed by atoms with E-state index in [1.807, 2.05) is 6.92 Å². The van der Waals surface area contributed by atoms with E-state index in [1.165, 1.54) is 26.4 Å². The van der Waals surface area contributed by atoms with Crippen LogP contribution in [-0.4, -0.2) is 38.6 Å². The number of ether oxygens (including phenoxy) is 3. The van der Waals surface area contributed by atoms with Crippen LogP contribution in [0.4, 0.5) is 11.4 Å². The quantitative estimate of drug-likeness (QED) is 0.490. The highest BCUT2D eigenvalue weighted by atomic mass is 35.5. The van der Waals surface area contributed by atoms with Gasteiger partial charge in [-0.15, -0.1) is 0 Å². The van der Waals surface area contributed by atoms with Gasteiger partial charge in [0.15, 0.2) is 0 Å². The summed E-state index contributed by atoms with van der Waals surface area (Å²) in [4.78, 5) is 38.8. The van der Waals surface area contributed by atoms with E-state index >= 15 is 0 Å². The Kier molecular flexibility index (Phi) is 6.81. The topological polar surface area (TPSA) is 94.2 Å². The number of carbonyl (C=O) groups is 3. The molecular weight excluding hydrogens is 424 g/mol. The molecular formula is C22H21ClN2O6. The van der Waals surface area contributed by atoms with Crippen molar-refractivity contribution in [2.24, 2.45) is 0 Å². The van der Waals surface area contributed by atoms with Crippen LogP contribution in [0.25, 0.3) is 0 Å². The molecule has 2 aromatic carbocycles. The number of halogens is 1. The molecule has 0 saturated carbocycles. The fourth-order valence-electron chi connectivity index (χ4n) is 2.95. The fraction of sp³-hybridized carbons (Fsp3) is 0.227. The Labute approximate surface area is 184 Å². The molecule has 8 nitrogen and oxygen atoms in total. The zero-order chi connectivity index (χ0) is 22.5. The number of carbonyl (C=O) groups excluding carboxylic acids is 3. The average molecular weight is 445 g/mol. The number of hydrogen-bond donors (Lipinski definition) is 1. The standard InChI is InChI=1S/C22H21ClN2O6/c1-4-10-31-22(28)13-6-5-7-14(11-13)24-19-18(23)20(26)25(21(19)27)16-9-8-15(29-2)12-17(16)30-3/h5-9,11-12,24H,4,10H2,1-3H3. The highest BCUT2D eigenvalue weighted by Crippen LogP contribution is 2.37. The first-order valence-electron chi connectivity index (χ1n) is 9.46. The van der Waals surface area contributed by atoms with Gasteiger partial charge in [0.2, 0.25) is 0 Å². The predicted octanol–water partition coefficient (Wildman–Crippen LogP) is 3.71. The molecule has 0 spiro atoms. The molecule has 2 aromatic rings. The number of hydrogen-bond acceptors (Lipinski definition) is 7. The molecule has 2 amide bonds. The molecule has 0 bridgehead atoms. The molecule has 9 heteroatoms. The maximum atomic E-state index is 13.0. The van der Waals surface area contributed by atoms with Crippen LogP contribution in [0.15, 0.2) is 53.2 Å². The van der Waals surface area contributed by atoms with E-state index < -0.39 is 17.8 Å². The van der Waals surface area contributed by atoms with Gasteiger partial charge in [0.25, 0.3) is 11.8 Å². The molecule has 0 unspecified atom stereocenters. The lowest BCUT2D eigenvalue weighted by Crippen LogP contribution is -2.32. The summed E-state index contributed by atoms with van der Waals surface area (Å²) in [6.07, 6.45) is 0.702. The largest absolute Gasteiger partial charge is 0.497 e. The van der Waals surface area contributed by atoms with E-state index in [2.05, 4.69) is 5.32 Å². The van der Waals surface area contributed by atoms with Crippen molar-refractivity contribution in [3.8, 4) is 11.5 Å². The van der Waals surface area contributed by atoms with Crippen molar-refractivity contribution in [3.63, 3.8) is 0 Å². The summed E-state index contributed by atoms with van der Waals surface area (Å²) in [7, 11) is 2.91. The van der Waals surface area contributed by atoms with Gasteiger partial charge in [-0.05, 0) is 36.8 Å². The molecule has 0 fully saturated rings. The minimum absolute atomic E-state index is 0.108. The number of methoxy groups -OCH3 is 2. The van der Waals surface area contributed by atoms with Crippen molar-refractivity contribution in [1.82, 2.24) is 0 Å². The van der Waals surface area contributed by atoms with E-state index in [-0.39, 0.29) is 22.2 Å². The normalized spacial score (nSPS) is 13.5. The van der Waals surface area contributed by atoms with Crippen LogP contribution in [0.3, 0.4) is 0 Å². The van der Waals surface area contributed by atoms with Gasteiger partial charge in [-0.1, -0.05) is 24.6 Å². The first kappa shape index (κ1) is 22.2. The van der Waals surface area contributed by atoms with Gasteiger partial charge in [-0.25, -0.2) is 9.69 Å². The molecule has 31 heavy (non-hydrogen) atoms. The first-order valence-corrected chi connectivity index (χ1v) is 9.83. The molecule has 0 aliphatic carbocycles. The number of amides is 2. The number of nitrogens with zero attached hydrogens (tertiary/aromatic N) is 1. The lowest BCUT2D eigenvalue weighted by Gasteiger charge is -2.18. The monoisotopic (exact) mass is 444 g/mol. The SMILES string of the molecule is CCCOC(=O)c1cccc(NC2=C(Cl)C(=O)N(c3ccc(OC)cc3OC)C2=O)c1. The summed E-state index contributed by atoms with van der Waals surface area (Å²) in [6, 6.07) is 11.1. The Morgan fingerprint density at radius 3 is 2.52 bits per heavy atom. The lowest BCUT2D eigenvalue weighted by molar-refractivity contribution is -0.120. The smallest absolute Gasteiger partial charge is 0.338 e. The molecule has 1 heterocycles. The van der Waals surface area contributed by atoms with Crippen molar-refractivity contribution in [2.75, 3.05) is 31.0 Å². The van der Waals surface area contributed by atoms with Crippen molar-refractivity contribution < 1.29 is 28.6 Å². The van der Waals surface area contributed by atoms with Gasteiger partial charge in [0, 0.05) is 11.8 Å². The second kappa shape index (κ2) is 9.53. The molecule has 1 N–H and O–H groups in total. The minimum atomic E-state index is -0.698. The van der Waals surface area contributed by atoms with E-state index in [0.29, 0.717) is 30.0 Å². The van der Waals surface area contributed by atoms with Crippen LogP contribution in [0.5, 0.6) is 11.5 Å². The summed E-state index contributed by atoms with van der Waals surface area (Å²) in [5, 5.41) is 2.57. The second-order valence-corrected chi connectivity index (χ2v) is 6.89. The zero-order valence-corrected chi connectivity index (χ0v) is 18.0. The predicted molar refractivity (Wildman–Crippen MR) is 116 cm³/mol. The summed E-state index contributed by atoms with van der Waals surface area (Å²) < 4.78 is 15.6. The Balaban J connectivity index is 1.87. The van der Waals surface area contributed by atoms with E-state index in [1.54, 1.807) is 30.3 Å². The molecule has 1 aliphatic rings. The summed E-state index contributed by atoms with van der Waals surface area (Å²) in [5.74, 6) is -1.06. The summed E-state index contributed by atoms with van der Waals surface area (Å²) >= 11 is 6.19. The van der Waals surface area contributed by atoms with Gasteiger partial charge in [0.1, 0.15) is 22.2 Å². The van der Waals surface area contributed by atoms with Gasteiger partial charge in [-0.3, -0.25) is 9.59 Å². The van der Waals surface area contributed by atoms with Crippen molar-refractivity contribution in [2.45, 2.75) is 13.3 Å². The number of nitrogens with one attached hydrogen (secondary N) is 1. The first-order chi connectivity index (χ1) is 14.9. The molecule has 0 saturated heterocycles.